The Bertz CT molecular complexity index is 1070. The van der Waals surface area contributed by atoms with E-state index in [0.29, 0.717) is 22.0 Å². The van der Waals surface area contributed by atoms with Crippen molar-refractivity contribution in [2.24, 2.45) is 0 Å². The minimum absolute atomic E-state index is 0.108. The highest BCUT2D eigenvalue weighted by Crippen LogP contribution is 2.28. The van der Waals surface area contributed by atoms with Gasteiger partial charge in [-0.25, -0.2) is 8.42 Å². The van der Waals surface area contributed by atoms with Crippen LogP contribution in [0.1, 0.15) is 5.56 Å². The molecule has 5 nitrogen and oxygen atoms in total. The molecule has 28 heavy (non-hydrogen) atoms. The molecule has 0 radical (unpaired) electrons. The molecule has 0 heterocycles. The molecule has 3 rings (SSSR count). The molecule has 0 saturated heterocycles. The number of carbonyl (C=O) groups is 1. The molecule has 0 aliphatic heterocycles. The van der Waals surface area contributed by atoms with Crippen LogP contribution in [0.4, 0.5) is 11.4 Å². The molecule has 0 atom stereocenters. The Morgan fingerprint density at radius 2 is 1.57 bits per heavy atom. The number of carbonyl (C=O) groups excluding carboxylic acids is 1. The van der Waals surface area contributed by atoms with E-state index in [1.54, 1.807) is 67.6 Å². The molecule has 0 fully saturated rings. The first-order valence-corrected chi connectivity index (χ1v) is 10.4. The molecule has 0 bridgehead atoms. The number of nitrogens with one attached hydrogen (secondary N) is 1. The maximum absolute atomic E-state index is 13.3. The largest absolute Gasteiger partial charge is 0.325 e. The Labute approximate surface area is 169 Å². The first-order chi connectivity index (χ1) is 13.4. The highest BCUT2D eigenvalue weighted by Gasteiger charge is 2.28. The quantitative estimate of drug-likeness (QED) is 0.646. The second kappa shape index (κ2) is 8.46. The van der Waals surface area contributed by atoms with Crippen molar-refractivity contribution in [1.29, 1.82) is 0 Å². The van der Waals surface area contributed by atoms with Gasteiger partial charge in [-0.15, -0.1) is 0 Å². The summed E-state index contributed by atoms with van der Waals surface area (Å²) in [5.74, 6) is -0.444. The number of anilines is 2. The van der Waals surface area contributed by atoms with Crippen LogP contribution in [0.25, 0.3) is 0 Å². The summed E-state index contributed by atoms with van der Waals surface area (Å²) in [6.45, 7) is 1.39. The Morgan fingerprint density at radius 1 is 0.964 bits per heavy atom. The lowest BCUT2D eigenvalue weighted by molar-refractivity contribution is -0.114. The fourth-order valence-electron chi connectivity index (χ4n) is 2.77. The average Bonchev–Trinajstić information content (AvgIpc) is 2.68. The number of hydrogen-bond donors (Lipinski definition) is 1. The molecule has 7 heteroatoms. The number of para-hydroxylation sites is 1. The predicted octanol–water partition coefficient (Wildman–Crippen LogP) is 4.48. The average molecular weight is 415 g/mol. The van der Waals surface area contributed by atoms with E-state index < -0.39 is 15.9 Å². The summed E-state index contributed by atoms with van der Waals surface area (Å²) in [7, 11) is -3.95. The maximum Gasteiger partial charge on any atom is 0.264 e. The summed E-state index contributed by atoms with van der Waals surface area (Å²) >= 11 is 6.02. The number of hydrogen-bond acceptors (Lipinski definition) is 3. The van der Waals surface area contributed by atoms with Crippen molar-refractivity contribution in [3.05, 3.63) is 89.4 Å². The summed E-state index contributed by atoms with van der Waals surface area (Å²) in [4.78, 5) is 12.7. The lowest BCUT2D eigenvalue weighted by Gasteiger charge is -2.25. The summed E-state index contributed by atoms with van der Waals surface area (Å²) < 4.78 is 27.6. The van der Waals surface area contributed by atoms with Crippen LogP contribution < -0.4 is 9.62 Å². The minimum atomic E-state index is -3.95. The van der Waals surface area contributed by atoms with E-state index in [1.165, 1.54) is 12.1 Å². The third-order valence-electron chi connectivity index (χ3n) is 4.10. The number of amides is 1. The Balaban J connectivity index is 1.98. The van der Waals surface area contributed by atoms with Gasteiger partial charge in [0, 0.05) is 10.7 Å². The second-order valence-corrected chi connectivity index (χ2v) is 8.47. The van der Waals surface area contributed by atoms with Crippen LogP contribution in [0, 0.1) is 6.92 Å². The van der Waals surface area contributed by atoms with Crippen LogP contribution >= 0.6 is 11.6 Å². The van der Waals surface area contributed by atoms with Crippen molar-refractivity contribution in [3.63, 3.8) is 0 Å². The summed E-state index contributed by atoms with van der Waals surface area (Å²) in [5, 5.41) is 3.22. The van der Waals surface area contributed by atoms with Gasteiger partial charge in [0.25, 0.3) is 10.0 Å². The summed E-state index contributed by atoms with van der Waals surface area (Å²) in [6, 6.07) is 21.8. The van der Waals surface area contributed by atoms with E-state index in [9.17, 15) is 13.2 Å². The highest BCUT2D eigenvalue weighted by atomic mass is 35.5. The van der Waals surface area contributed by atoms with Crippen LogP contribution in [-0.4, -0.2) is 20.9 Å². The molecule has 0 spiro atoms. The van der Waals surface area contributed by atoms with Gasteiger partial charge in [-0.3, -0.25) is 9.10 Å². The SMILES string of the molecule is Cc1cc(Cl)ccc1N(CC(=O)Nc1ccccc1)S(=O)(=O)c1ccccc1. The molecular weight excluding hydrogens is 396 g/mol. The van der Waals surface area contributed by atoms with E-state index >= 15 is 0 Å². The number of benzene rings is 3. The van der Waals surface area contributed by atoms with E-state index in [0.717, 1.165) is 4.31 Å². The zero-order valence-corrected chi connectivity index (χ0v) is 16.7. The van der Waals surface area contributed by atoms with Gasteiger partial charge in [0.05, 0.1) is 10.6 Å². The fraction of sp³-hybridized carbons (Fsp3) is 0.0952. The van der Waals surface area contributed by atoms with Gasteiger partial charge >= 0.3 is 0 Å². The second-order valence-electron chi connectivity index (χ2n) is 6.17. The van der Waals surface area contributed by atoms with E-state index in [-0.39, 0.29) is 11.4 Å². The minimum Gasteiger partial charge on any atom is -0.325 e. The molecule has 0 aromatic heterocycles. The van der Waals surface area contributed by atoms with Crippen LogP contribution in [-0.2, 0) is 14.8 Å². The van der Waals surface area contributed by atoms with Crippen molar-refractivity contribution in [1.82, 2.24) is 0 Å². The first kappa shape index (κ1) is 19.9. The van der Waals surface area contributed by atoms with Crippen molar-refractivity contribution in [2.75, 3.05) is 16.2 Å². The molecule has 0 saturated carbocycles. The van der Waals surface area contributed by atoms with Crippen molar-refractivity contribution in [2.45, 2.75) is 11.8 Å². The van der Waals surface area contributed by atoms with Gasteiger partial charge in [-0.2, -0.15) is 0 Å². The first-order valence-electron chi connectivity index (χ1n) is 8.57. The molecular formula is C21H19ClN2O3S. The number of aryl methyl sites for hydroxylation is 1. The molecule has 1 amide bonds. The molecule has 3 aromatic carbocycles. The Morgan fingerprint density at radius 3 is 2.18 bits per heavy atom. The van der Waals surface area contributed by atoms with Crippen molar-refractivity contribution in [3.8, 4) is 0 Å². The van der Waals surface area contributed by atoms with Gasteiger partial charge in [-0.1, -0.05) is 48.0 Å². The fourth-order valence-corrected chi connectivity index (χ4v) is 4.50. The van der Waals surface area contributed by atoms with E-state index in [4.69, 9.17) is 11.6 Å². The summed E-state index contributed by atoms with van der Waals surface area (Å²) in [6.07, 6.45) is 0. The Kier molecular flexibility index (Phi) is 6.02. The third kappa shape index (κ3) is 4.52. The normalized spacial score (nSPS) is 11.1. The molecule has 0 unspecified atom stereocenters. The number of rotatable bonds is 6. The topological polar surface area (TPSA) is 66.5 Å². The van der Waals surface area contributed by atoms with Crippen LogP contribution in [0.3, 0.4) is 0 Å². The summed E-state index contributed by atoms with van der Waals surface area (Å²) in [5.41, 5.74) is 1.65. The smallest absolute Gasteiger partial charge is 0.264 e. The number of nitrogens with zero attached hydrogens (tertiary/aromatic N) is 1. The standard InChI is InChI=1S/C21H19ClN2O3S/c1-16-14-17(22)12-13-20(16)24(28(26,27)19-10-6-3-7-11-19)15-21(25)23-18-8-4-2-5-9-18/h2-14H,15H2,1H3,(H,23,25). The third-order valence-corrected chi connectivity index (χ3v) is 6.11. The zero-order chi connectivity index (χ0) is 20.1. The maximum atomic E-state index is 13.3. The van der Waals surface area contributed by atoms with Gasteiger partial charge in [0.1, 0.15) is 6.54 Å². The van der Waals surface area contributed by atoms with Crippen LogP contribution in [0.5, 0.6) is 0 Å². The number of halogens is 1. The molecule has 0 aliphatic carbocycles. The van der Waals surface area contributed by atoms with E-state index in [1.807, 2.05) is 6.07 Å². The monoisotopic (exact) mass is 414 g/mol. The lowest BCUT2D eigenvalue weighted by Crippen LogP contribution is -2.38. The van der Waals surface area contributed by atoms with Crippen LogP contribution in [0.2, 0.25) is 5.02 Å². The molecule has 144 valence electrons. The lowest BCUT2D eigenvalue weighted by atomic mass is 10.2. The van der Waals surface area contributed by atoms with E-state index in [2.05, 4.69) is 5.32 Å². The van der Waals surface area contributed by atoms with Gasteiger partial charge < -0.3 is 5.32 Å². The zero-order valence-electron chi connectivity index (χ0n) is 15.2. The van der Waals surface area contributed by atoms with Crippen LogP contribution in [0.15, 0.2) is 83.8 Å². The number of sulfonamides is 1. The molecule has 3 aromatic rings. The Hall–Kier alpha value is -2.83. The predicted molar refractivity (Wildman–Crippen MR) is 112 cm³/mol. The molecule has 1 N–H and O–H groups in total. The van der Waals surface area contributed by atoms with Crippen molar-refractivity contribution < 1.29 is 13.2 Å². The van der Waals surface area contributed by atoms with Gasteiger partial charge in [-0.05, 0) is 55.0 Å². The van der Waals surface area contributed by atoms with Gasteiger partial charge in [0.2, 0.25) is 5.91 Å². The van der Waals surface area contributed by atoms with Crippen molar-refractivity contribution >= 4 is 38.9 Å². The highest BCUT2D eigenvalue weighted by molar-refractivity contribution is 7.92. The molecule has 0 aliphatic rings. The van der Waals surface area contributed by atoms with Gasteiger partial charge in [0.15, 0.2) is 0 Å².